The number of nitrogens with zero attached hydrogens (tertiary/aromatic N) is 2. The van der Waals surface area contributed by atoms with Crippen molar-refractivity contribution in [1.82, 2.24) is 25.9 Å². The molecule has 35 heavy (non-hydrogen) atoms. The van der Waals surface area contributed by atoms with E-state index < -0.39 is 15.7 Å². The molecule has 0 aliphatic carbocycles. The summed E-state index contributed by atoms with van der Waals surface area (Å²) in [6.07, 6.45) is 1.87. The van der Waals surface area contributed by atoms with E-state index in [1.807, 2.05) is 26.8 Å². The summed E-state index contributed by atoms with van der Waals surface area (Å²) < 4.78 is 24.2. The Bertz CT molecular complexity index is 1170. The first kappa shape index (κ1) is 28.6. The number of aromatic hydroxyl groups is 1. The molecule has 0 radical (unpaired) electrons. The summed E-state index contributed by atoms with van der Waals surface area (Å²) in [4.78, 5) is 19.7. The second kappa shape index (κ2) is 11.8. The van der Waals surface area contributed by atoms with Crippen LogP contribution in [0, 0.1) is 0 Å². The van der Waals surface area contributed by atoms with E-state index >= 15 is 0 Å². The molecule has 0 unspecified atom stereocenters. The zero-order valence-corrected chi connectivity index (χ0v) is 22.0. The predicted octanol–water partition coefficient (Wildman–Crippen LogP) is 1.20. The molecule has 11 nitrogen and oxygen atoms in total. The maximum atomic E-state index is 12.1. The lowest BCUT2D eigenvalue weighted by atomic mass is 9.86. The Labute approximate surface area is 211 Å². The number of aromatic nitrogens is 2. The summed E-state index contributed by atoms with van der Waals surface area (Å²) in [5, 5.41) is 19.5. The van der Waals surface area contributed by atoms with E-state index in [-0.39, 0.29) is 38.5 Å². The lowest BCUT2D eigenvalue weighted by Crippen LogP contribution is -2.33. The topological polar surface area (TPSA) is 185 Å². The van der Waals surface area contributed by atoms with Gasteiger partial charge in [-0.1, -0.05) is 38.4 Å². The fourth-order valence-electron chi connectivity index (χ4n) is 3.16. The van der Waals surface area contributed by atoms with E-state index in [1.165, 1.54) is 0 Å². The average molecular weight is 528 g/mol. The van der Waals surface area contributed by atoms with E-state index in [0.717, 1.165) is 18.2 Å². The second-order valence-electron chi connectivity index (χ2n) is 9.17. The van der Waals surface area contributed by atoms with Gasteiger partial charge in [0, 0.05) is 31.5 Å². The number of benzene rings is 1. The Kier molecular flexibility index (Phi) is 9.67. The van der Waals surface area contributed by atoms with Crippen LogP contribution >= 0.6 is 11.6 Å². The normalized spacial score (nSPS) is 12.0. The summed E-state index contributed by atoms with van der Waals surface area (Å²) >= 11 is 5.78. The molecule has 1 aromatic heterocycles. The van der Waals surface area contributed by atoms with Gasteiger partial charge in [-0.2, -0.15) is 0 Å². The fourth-order valence-corrected chi connectivity index (χ4v) is 4.11. The van der Waals surface area contributed by atoms with Crippen LogP contribution in [0.15, 0.2) is 17.0 Å². The van der Waals surface area contributed by atoms with Gasteiger partial charge in [-0.3, -0.25) is 4.79 Å². The predicted molar refractivity (Wildman–Crippen MR) is 137 cm³/mol. The van der Waals surface area contributed by atoms with Crippen molar-refractivity contribution in [3.63, 3.8) is 0 Å². The van der Waals surface area contributed by atoms with E-state index in [1.54, 1.807) is 6.07 Å². The first-order valence-corrected chi connectivity index (χ1v) is 13.3. The van der Waals surface area contributed by atoms with E-state index in [0.29, 0.717) is 38.3 Å². The van der Waals surface area contributed by atoms with E-state index in [2.05, 4.69) is 25.9 Å². The Balaban J connectivity index is 1.76. The molecular formula is C22H34ClN7O4S. The maximum Gasteiger partial charge on any atom is 0.273 e. The first-order valence-electron chi connectivity index (χ1n) is 11.1. The van der Waals surface area contributed by atoms with Gasteiger partial charge < -0.3 is 32.5 Å². The van der Waals surface area contributed by atoms with Crippen molar-refractivity contribution in [3.8, 4) is 5.75 Å². The van der Waals surface area contributed by atoms with Gasteiger partial charge in [0.25, 0.3) is 5.91 Å². The zero-order valence-electron chi connectivity index (χ0n) is 20.4. The fraction of sp³-hybridized carbons (Fsp3) is 0.500. The molecule has 2 rings (SSSR count). The summed E-state index contributed by atoms with van der Waals surface area (Å²) in [5.41, 5.74) is 12.2. The summed E-state index contributed by atoms with van der Waals surface area (Å²) in [7, 11) is -3.56. The number of amides is 1. The van der Waals surface area contributed by atoms with Crippen LogP contribution in [0.3, 0.4) is 0 Å². The number of hydrogen-bond donors (Lipinski definition) is 6. The molecule has 13 heteroatoms. The molecule has 0 fully saturated rings. The van der Waals surface area contributed by atoms with Crippen LogP contribution in [0.25, 0.3) is 0 Å². The number of halogens is 1. The third kappa shape index (κ3) is 8.20. The molecule has 194 valence electrons. The van der Waals surface area contributed by atoms with Crippen LogP contribution in [0.4, 0.5) is 11.6 Å². The number of phenols is 1. The van der Waals surface area contributed by atoms with Gasteiger partial charge in [0.2, 0.25) is 0 Å². The molecule has 0 aliphatic heterocycles. The molecule has 1 aromatic carbocycles. The highest BCUT2D eigenvalue weighted by molar-refractivity contribution is 7.90. The molecule has 0 aliphatic rings. The maximum absolute atomic E-state index is 12.1. The van der Waals surface area contributed by atoms with Gasteiger partial charge in [-0.05, 0) is 36.6 Å². The smallest absolute Gasteiger partial charge is 0.273 e. The molecule has 2 aromatic rings. The molecular weight excluding hydrogens is 494 g/mol. The Morgan fingerprint density at radius 2 is 1.71 bits per heavy atom. The molecule has 1 amide bonds. The standard InChI is InChI=1S/C22H34ClN7O4S/c1-22(2,3)14-10-13(17(31)15(11-14)35(4,33)34)12-27-7-5-6-26-8-9-28-21(32)16-19(24)30-20(25)18(23)29-16/h10-11,26-27,31H,5-9,12H2,1-4H3,(H,28,32)(H4,24,25,30). The SMILES string of the molecule is CC(C)(C)c1cc(CNCCCNCCNC(=O)c2nc(Cl)c(N)nc2N)c(O)c(S(C)(=O)=O)c1. The van der Waals surface area contributed by atoms with Crippen molar-refractivity contribution >= 4 is 39.0 Å². The number of rotatable bonds is 11. The second-order valence-corrected chi connectivity index (χ2v) is 11.5. The van der Waals surface area contributed by atoms with Crippen LogP contribution in [-0.4, -0.2) is 61.8 Å². The van der Waals surface area contributed by atoms with Gasteiger partial charge in [0.1, 0.15) is 10.6 Å². The number of anilines is 2. The van der Waals surface area contributed by atoms with Crippen molar-refractivity contribution in [3.05, 3.63) is 34.1 Å². The number of hydrogen-bond acceptors (Lipinski definition) is 10. The molecule has 1 heterocycles. The number of nitrogen functional groups attached to an aromatic ring is 2. The Hall–Kier alpha value is -2.67. The van der Waals surface area contributed by atoms with Crippen LogP contribution in [-0.2, 0) is 21.8 Å². The van der Waals surface area contributed by atoms with Gasteiger partial charge >= 0.3 is 0 Å². The molecule has 8 N–H and O–H groups in total. The highest BCUT2D eigenvalue weighted by atomic mass is 35.5. The number of carbonyl (C=O) groups excluding carboxylic acids is 1. The number of sulfone groups is 1. The summed E-state index contributed by atoms with van der Waals surface area (Å²) in [6.45, 7) is 8.49. The van der Waals surface area contributed by atoms with Crippen molar-refractivity contribution < 1.29 is 18.3 Å². The third-order valence-electron chi connectivity index (χ3n) is 5.15. The average Bonchev–Trinajstić information content (AvgIpc) is 2.74. The van der Waals surface area contributed by atoms with Crippen LogP contribution in [0.2, 0.25) is 5.15 Å². The quantitative estimate of drug-likeness (QED) is 0.232. The van der Waals surface area contributed by atoms with Crippen LogP contribution in [0.1, 0.15) is 48.8 Å². The van der Waals surface area contributed by atoms with Gasteiger partial charge in [0.05, 0.1) is 0 Å². The minimum absolute atomic E-state index is 0.0380. The molecule has 0 saturated heterocycles. The number of phenolic OH excluding ortho intramolecular Hbond substituents is 1. The number of nitrogens with one attached hydrogen (secondary N) is 3. The largest absolute Gasteiger partial charge is 0.506 e. The molecule has 0 bridgehead atoms. The number of nitrogens with two attached hydrogens (primary N) is 2. The minimum atomic E-state index is -3.56. The van der Waals surface area contributed by atoms with Gasteiger partial charge in [-0.25, -0.2) is 18.4 Å². The number of carbonyl (C=O) groups is 1. The van der Waals surface area contributed by atoms with Crippen molar-refractivity contribution in [2.45, 2.75) is 44.0 Å². The molecule has 0 spiro atoms. The van der Waals surface area contributed by atoms with Gasteiger partial charge in [-0.15, -0.1) is 0 Å². The minimum Gasteiger partial charge on any atom is -0.506 e. The van der Waals surface area contributed by atoms with Crippen molar-refractivity contribution in [2.75, 3.05) is 43.9 Å². The summed E-state index contributed by atoms with van der Waals surface area (Å²) in [5.74, 6) is -0.837. The van der Waals surface area contributed by atoms with Gasteiger partial charge in [0.15, 0.2) is 32.3 Å². The van der Waals surface area contributed by atoms with E-state index in [9.17, 15) is 18.3 Å². The third-order valence-corrected chi connectivity index (χ3v) is 6.54. The lowest BCUT2D eigenvalue weighted by Gasteiger charge is -2.22. The van der Waals surface area contributed by atoms with Crippen LogP contribution < -0.4 is 27.4 Å². The lowest BCUT2D eigenvalue weighted by molar-refractivity contribution is 0.0949. The van der Waals surface area contributed by atoms with Crippen molar-refractivity contribution in [1.29, 1.82) is 0 Å². The monoisotopic (exact) mass is 527 g/mol. The van der Waals surface area contributed by atoms with Crippen LogP contribution in [0.5, 0.6) is 5.75 Å². The first-order chi connectivity index (χ1) is 16.2. The Morgan fingerprint density at radius 1 is 1.06 bits per heavy atom. The summed E-state index contributed by atoms with van der Waals surface area (Å²) in [6, 6.07) is 3.38. The van der Waals surface area contributed by atoms with Crippen molar-refractivity contribution in [2.24, 2.45) is 0 Å². The zero-order chi connectivity index (χ0) is 26.4. The Morgan fingerprint density at radius 3 is 2.34 bits per heavy atom. The highest BCUT2D eigenvalue weighted by Gasteiger charge is 2.23. The molecule has 0 saturated carbocycles. The highest BCUT2D eigenvalue weighted by Crippen LogP contribution is 2.33. The molecule has 0 atom stereocenters. The van der Waals surface area contributed by atoms with E-state index in [4.69, 9.17) is 23.1 Å².